The Morgan fingerprint density at radius 3 is 2.44 bits per heavy atom. The Balaban J connectivity index is 1.33. The summed E-state index contributed by atoms with van der Waals surface area (Å²) in [5, 5.41) is 5.50. The van der Waals surface area contributed by atoms with Crippen molar-refractivity contribution >= 4 is 34.7 Å². The Labute approximate surface area is 202 Å². The average molecular weight is 468 g/mol. The smallest absolute Gasteiger partial charge is 0.307 e. The van der Waals surface area contributed by atoms with Gasteiger partial charge in [-0.05, 0) is 67.4 Å². The van der Waals surface area contributed by atoms with E-state index in [-0.39, 0.29) is 5.76 Å². The second-order valence-corrected chi connectivity index (χ2v) is 8.50. The van der Waals surface area contributed by atoms with Crippen molar-refractivity contribution in [1.82, 2.24) is 9.99 Å². The summed E-state index contributed by atoms with van der Waals surface area (Å²) in [6.07, 6.45) is 1.65. The molecule has 0 saturated heterocycles. The Kier molecular flexibility index (Phi) is 5.78. The molecule has 0 aliphatic carbocycles. The van der Waals surface area contributed by atoms with Crippen molar-refractivity contribution in [2.75, 3.05) is 0 Å². The molecular weight excluding hydrogens is 446 g/mol. The second kappa shape index (κ2) is 9.04. The first-order valence-corrected chi connectivity index (χ1v) is 11.2. The van der Waals surface area contributed by atoms with Crippen LogP contribution in [0.4, 0.5) is 0 Å². The third kappa shape index (κ3) is 4.26. The van der Waals surface area contributed by atoms with E-state index in [9.17, 15) is 4.79 Å². The lowest BCUT2D eigenvalue weighted by atomic mass is 10.1. The highest BCUT2D eigenvalue weighted by atomic mass is 35.5. The normalized spacial score (nSPS) is 11.4. The minimum atomic E-state index is -0.422. The number of amides is 1. The summed E-state index contributed by atoms with van der Waals surface area (Å²) in [4.78, 5) is 12.5. The largest absolute Gasteiger partial charge is 0.451 e. The number of halogens is 1. The van der Waals surface area contributed by atoms with E-state index in [0.717, 1.165) is 28.0 Å². The zero-order valence-electron chi connectivity index (χ0n) is 18.7. The van der Waals surface area contributed by atoms with Gasteiger partial charge in [-0.3, -0.25) is 4.79 Å². The van der Waals surface area contributed by atoms with Crippen molar-refractivity contribution in [2.24, 2.45) is 5.10 Å². The van der Waals surface area contributed by atoms with E-state index in [0.29, 0.717) is 10.6 Å². The number of aromatic nitrogens is 1. The van der Waals surface area contributed by atoms with Gasteiger partial charge in [0, 0.05) is 33.0 Å². The lowest BCUT2D eigenvalue weighted by Gasteiger charge is -2.11. The summed E-state index contributed by atoms with van der Waals surface area (Å²) >= 11 is 6.00. The molecule has 3 aromatic carbocycles. The number of hydrogen-bond acceptors (Lipinski definition) is 3. The lowest BCUT2D eigenvalue weighted by Crippen LogP contribution is -2.16. The van der Waals surface area contributed by atoms with Crippen LogP contribution in [0.3, 0.4) is 0 Å². The molecule has 6 heteroatoms. The van der Waals surface area contributed by atoms with Crippen molar-refractivity contribution in [1.29, 1.82) is 0 Å². The molecule has 2 aromatic heterocycles. The maximum absolute atomic E-state index is 12.5. The van der Waals surface area contributed by atoms with E-state index in [1.54, 1.807) is 30.5 Å². The minimum Gasteiger partial charge on any atom is -0.451 e. The summed E-state index contributed by atoms with van der Waals surface area (Å²) in [6.45, 7) is 4.08. The predicted octanol–water partition coefficient (Wildman–Crippen LogP) is 6.92. The van der Waals surface area contributed by atoms with Gasteiger partial charge in [-0.1, -0.05) is 54.1 Å². The topological polar surface area (TPSA) is 59.5 Å². The molecule has 5 aromatic rings. The van der Waals surface area contributed by atoms with Crippen molar-refractivity contribution < 1.29 is 9.21 Å². The van der Waals surface area contributed by atoms with Gasteiger partial charge in [-0.15, -0.1) is 0 Å². The number of carbonyl (C=O) groups excluding carboxylic acids is 1. The number of nitrogens with one attached hydrogen (secondary N) is 1. The molecule has 0 aliphatic rings. The van der Waals surface area contributed by atoms with Crippen LogP contribution in [-0.2, 0) is 0 Å². The number of rotatable bonds is 5. The van der Waals surface area contributed by atoms with Gasteiger partial charge in [-0.25, -0.2) is 5.43 Å². The number of aryl methyl sites for hydroxylation is 1. The molecule has 0 radical (unpaired) electrons. The standard InChI is InChI=1S/C28H22ClN3O2/c1-18-14-23(17-30-31-28(33)27-16-22-15-24(29)10-13-26(22)34-27)19(2)32(18)25-11-8-21(9-12-25)20-6-4-3-5-7-20/h3-17H,1-2H3,(H,31,33)/b30-17-. The van der Waals surface area contributed by atoms with E-state index in [4.69, 9.17) is 16.0 Å². The summed E-state index contributed by atoms with van der Waals surface area (Å²) in [5.74, 6) is -0.243. The molecule has 34 heavy (non-hydrogen) atoms. The molecule has 0 bridgehead atoms. The lowest BCUT2D eigenvalue weighted by molar-refractivity contribution is 0.0929. The first-order valence-electron chi connectivity index (χ1n) is 10.9. The van der Waals surface area contributed by atoms with Gasteiger partial charge in [0.2, 0.25) is 0 Å². The number of benzene rings is 3. The van der Waals surface area contributed by atoms with Crippen LogP contribution in [-0.4, -0.2) is 16.7 Å². The Morgan fingerprint density at radius 2 is 1.68 bits per heavy atom. The molecule has 2 heterocycles. The van der Waals surface area contributed by atoms with Gasteiger partial charge in [0.05, 0.1) is 6.21 Å². The fourth-order valence-electron chi connectivity index (χ4n) is 4.09. The van der Waals surface area contributed by atoms with Crippen LogP contribution in [0.2, 0.25) is 5.02 Å². The highest BCUT2D eigenvalue weighted by Gasteiger charge is 2.13. The van der Waals surface area contributed by atoms with Gasteiger partial charge >= 0.3 is 5.91 Å². The molecule has 0 fully saturated rings. The fraction of sp³-hybridized carbons (Fsp3) is 0.0714. The summed E-state index contributed by atoms with van der Waals surface area (Å²) in [6, 6.07) is 27.7. The highest BCUT2D eigenvalue weighted by Crippen LogP contribution is 2.25. The van der Waals surface area contributed by atoms with Crippen molar-refractivity contribution in [3.05, 3.63) is 113 Å². The van der Waals surface area contributed by atoms with E-state index < -0.39 is 5.91 Å². The molecule has 0 atom stereocenters. The molecule has 5 rings (SSSR count). The second-order valence-electron chi connectivity index (χ2n) is 8.07. The summed E-state index contributed by atoms with van der Waals surface area (Å²) in [7, 11) is 0. The molecule has 0 unspecified atom stereocenters. The number of fused-ring (bicyclic) bond motifs is 1. The molecule has 5 nitrogen and oxygen atoms in total. The van der Waals surface area contributed by atoms with Gasteiger partial charge in [-0.2, -0.15) is 5.10 Å². The molecule has 0 saturated carbocycles. The fourth-order valence-corrected chi connectivity index (χ4v) is 4.27. The highest BCUT2D eigenvalue weighted by molar-refractivity contribution is 6.31. The van der Waals surface area contributed by atoms with Crippen molar-refractivity contribution in [2.45, 2.75) is 13.8 Å². The molecule has 1 amide bonds. The molecule has 0 spiro atoms. The van der Waals surface area contributed by atoms with Gasteiger partial charge in [0.1, 0.15) is 5.58 Å². The number of hydrazone groups is 1. The zero-order chi connectivity index (χ0) is 23.7. The molecule has 0 aliphatic heterocycles. The van der Waals surface area contributed by atoms with Crippen molar-refractivity contribution in [3.8, 4) is 16.8 Å². The van der Waals surface area contributed by atoms with E-state index in [2.05, 4.69) is 51.5 Å². The maximum atomic E-state index is 12.5. The summed E-state index contributed by atoms with van der Waals surface area (Å²) < 4.78 is 7.75. The molecule has 1 N–H and O–H groups in total. The monoisotopic (exact) mass is 467 g/mol. The van der Waals surface area contributed by atoms with E-state index >= 15 is 0 Å². The van der Waals surface area contributed by atoms with Crippen LogP contribution >= 0.6 is 11.6 Å². The van der Waals surface area contributed by atoms with Crippen LogP contribution in [0, 0.1) is 13.8 Å². The average Bonchev–Trinajstić information content (AvgIpc) is 3.39. The van der Waals surface area contributed by atoms with Gasteiger partial charge in [0.25, 0.3) is 0 Å². The number of nitrogens with zero attached hydrogens (tertiary/aromatic N) is 2. The Bertz CT molecular complexity index is 1510. The van der Waals surface area contributed by atoms with Crippen LogP contribution in [0.15, 0.2) is 94.4 Å². The predicted molar refractivity (Wildman–Crippen MR) is 137 cm³/mol. The third-order valence-electron chi connectivity index (χ3n) is 5.77. The molecular formula is C28H22ClN3O2. The first-order chi connectivity index (χ1) is 16.5. The van der Waals surface area contributed by atoms with Crippen LogP contribution < -0.4 is 5.43 Å². The minimum absolute atomic E-state index is 0.179. The number of hydrogen-bond donors (Lipinski definition) is 1. The van der Waals surface area contributed by atoms with Gasteiger partial charge in [0.15, 0.2) is 5.76 Å². The zero-order valence-corrected chi connectivity index (χ0v) is 19.5. The third-order valence-corrected chi connectivity index (χ3v) is 6.01. The molecule has 168 valence electrons. The maximum Gasteiger partial charge on any atom is 0.307 e. The summed E-state index contributed by atoms with van der Waals surface area (Å²) in [5.41, 5.74) is 9.58. The van der Waals surface area contributed by atoms with E-state index in [1.807, 2.05) is 38.1 Å². The number of carbonyl (C=O) groups is 1. The number of furan rings is 1. The van der Waals surface area contributed by atoms with E-state index in [1.165, 1.54) is 11.1 Å². The Hall–Kier alpha value is -4.09. The van der Waals surface area contributed by atoms with Crippen molar-refractivity contribution in [3.63, 3.8) is 0 Å². The van der Waals surface area contributed by atoms with Crippen LogP contribution in [0.25, 0.3) is 27.8 Å². The van der Waals surface area contributed by atoms with Gasteiger partial charge < -0.3 is 8.98 Å². The SMILES string of the molecule is Cc1cc(/C=N\NC(=O)c2cc3cc(Cl)ccc3o2)c(C)n1-c1ccc(-c2ccccc2)cc1. The Morgan fingerprint density at radius 1 is 0.941 bits per heavy atom. The quantitative estimate of drug-likeness (QED) is 0.225. The van der Waals surface area contributed by atoms with Crippen LogP contribution in [0.5, 0.6) is 0 Å². The first kappa shape index (κ1) is 21.7. The van der Waals surface area contributed by atoms with Crippen LogP contribution in [0.1, 0.15) is 27.5 Å².